The molecule has 3 heterocycles. The lowest BCUT2D eigenvalue weighted by molar-refractivity contribution is -0.164. The van der Waals surface area contributed by atoms with E-state index in [1.807, 2.05) is 69.3 Å². The third-order valence-electron chi connectivity index (χ3n) is 11.0. The molecule has 3 aliphatic heterocycles. The van der Waals surface area contributed by atoms with Crippen LogP contribution in [0.2, 0.25) is 0 Å². The van der Waals surface area contributed by atoms with Crippen LogP contribution in [0.15, 0.2) is 73.8 Å². The minimum atomic E-state index is -1.28. The summed E-state index contributed by atoms with van der Waals surface area (Å²) in [6.07, 6.45) is 4.78. The number of hydrogen-bond donors (Lipinski definition) is 1. The second-order valence-corrected chi connectivity index (χ2v) is 15.5. The number of halogens is 1. The number of likely N-dealkylation sites (tertiary alicyclic amines) is 1. The van der Waals surface area contributed by atoms with Crippen molar-refractivity contribution in [2.45, 2.75) is 94.0 Å². The van der Waals surface area contributed by atoms with Crippen LogP contribution in [0, 0.1) is 25.7 Å². The lowest BCUT2D eigenvalue weighted by atomic mass is 9.70. The number of aliphatic hydroxyl groups is 1. The van der Waals surface area contributed by atoms with Crippen LogP contribution >= 0.6 is 15.9 Å². The lowest BCUT2D eigenvalue weighted by Crippen LogP contribution is -2.57. The SMILES string of the molecule is C=CCCC(=O)N(C)[C@@H](C)[C@@H](OC(=O)[C@H]1[C@@H]2O[C@@]3(CC2Br)[C@@H]1C(=O)N(CCCCCO)[C@@H]3C(=O)N(CC=C)c1cc(C)ccc1C)c1ccccc1. The van der Waals surface area contributed by atoms with Crippen molar-refractivity contribution < 1.29 is 33.8 Å². The molecule has 0 saturated carbocycles. The summed E-state index contributed by atoms with van der Waals surface area (Å²) in [6.45, 7) is 13.9. The first kappa shape index (κ1) is 39.4. The number of aliphatic hydroxyl groups excluding tert-OH is 1. The van der Waals surface area contributed by atoms with Gasteiger partial charge in [-0.15, -0.1) is 13.2 Å². The number of carbonyl (C=O) groups is 4. The van der Waals surface area contributed by atoms with E-state index in [0.29, 0.717) is 37.7 Å². The molecule has 0 aliphatic carbocycles. The Bertz CT molecular complexity index is 1650. The number of aryl methyl sites for hydroxylation is 2. The Balaban J connectivity index is 1.52. The second-order valence-electron chi connectivity index (χ2n) is 14.3. The largest absolute Gasteiger partial charge is 0.455 e. The van der Waals surface area contributed by atoms with Crippen molar-refractivity contribution in [3.63, 3.8) is 0 Å². The molecule has 0 aromatic heterocycles. The lowest BCUT2D eigenvalue weighted by Gasteiger charge is -2.37. The fourth-order valence-electron chi connectivity index (χ4n) is 8.21. The number of carbonyl (C=O) groups excluding carboxylic acids is 4. The van der Waals surface area contributed by atoms with E-state index >= 15 is 4.79 Å². The van der Waals surface area contributed by atoms with Gasteiger partial charge in [-0.3, -0.25) is 19.2 Å². The van der Waals surface area contributed by atoms with Gasteiger partial charge >= 0.3 is 5.97 Å². The van der Waals surface area contributed by atoms with Crippen molar-refractivity contribution in [2.75, 3.05) is 31.6 Å². The fraction of sp³-hybridized carbons (Fsp3) is 0.512. The number of esters is 1. The molecule has 11 heteroatoms. The summed E-state index contributed by atoms with van der Waals surface area (Å²) in [7, 11) is 1.69. The zero-order valence-electron chi connectivity index (χ0n) is 30.7. The molecule has 1 N–H and O–H groups in total. The van der Waals surface area contributed by atoms with Crippen LogP contribution in [0.25, 0.3) is 0 Å². The van der Waals surface area contributed by atoms with Crippen molar-refractivity contribution in [2.24, 2.45) is 11.8 Å². The molecule has 2 bridgehead atoms. The number of allylic oxidation sites excluding steroid dienone is 1. The number of benzene rings is 2. The van der Waals surface area contributed by atoms with Gasteiger partial charge in [-0.2, -0.15) is 0 Å². The maximum Gasteiger partial charge on any atom is 0.313 e. The highest BCUT2D eigenvalue weighted by Gasteiger charge is 2.77. The number of nitrogens with zero attached hydrogens (tertiary/aromatic N) is 3. The minimum absolute atomic E-state index is 0.0304. The predicted octanol–water partition coefficient (Wildman–Crippen LogP) is 5.83. The fourth-order valence-corrected chi connectivity index (χ4v) is 9.15. The third kappa shape index (κ3) is 7.50. The summed E-state index contributed by atoms with van der Waals surface area (Å²) in [5, 5.41) is 9.44. The van der Waals surface area contributed by atoms with Crippen molar-refractivity contribution in [1.29, 1.82) is 0 Å². The molecule has 8 atom stereocenters. The molecule has 2 aromatic rings. The summed E-state index contributed by atoms with van der Waals surface area (Å²) in [5.74, 6) is -3.26. The Morgan fingerprint density at radius 3 is 2.52 bits per heavy atom. The van der Waals surface area contributed by atoms with Gasteiger partial charge in [0.2, 0.25) is 11.8 Å². The van der Waals surface area contributed by atoms with Gasteiger partial charge in [0.15, 0.2) is 0 Å². The van der Waals surface area contributed by atoms with Gasteiger partial charge in [0.1, 0.15) is 17.7 Å². The van der Waals surface area contributed by atoms with E-state index in [1.54, 1.807) is 33.9 Å². The molecule has 3 aliphatic rings. The molecule has 1 unspecified atom stereocenters. The Labute approximate surface area is 315 Å². The summed E-state index contributed by atoms with van der Waals surface area (Å²) < 4.78 is 13.2. The van der Waals surface area contributed by atoms with Gasteiger partial charge < -0.3 is 29.3 Å². The number of anilines is 1. The van der Waals surface area contributed by atoms with Gasteiger partial charge in [0, 0.05) is 43.7 Å². The van der Waals surface area contributed by atoms with Crippen LogP contribution in [-0.2, 0) is 28.7 Å². The molecule has 52 heavy (non-hydrogen) atoms. The van der Waals surface area contributed by atoms with E-state index < -0.39 is 47.7 Å². The van der Waals surface area contributed by atoms with Crippen molar-refractivity contribution in [1.82, 2.24) is 9.80 Å². The first-order valence-electron chi connectivity index (χ1n) is 18.3. The van der Waals surface area contributed by atoms with Crippen LogP contribution in [0.3, 0.4) is 0 Å². The molecule has 10 nitrogen and oxygen atoms in total. The number of rotatable bonds is 17. The minimum Gasteiger partial charge on any atom is -0.455 e. The highest BCUT2D eigenvalue weighted by atomic mass is 79.9. The number of hydrogen-bond acceptors (Lipinski definition) is 7. The molecule has 3 fully saturated rings. The van der Waals surface area contributed by atoms with Gasteiger partial charge in [-0.25, -0.2) is 0 Å². The monoisotopic (exact) mass is 777 g/mol. The first-order valence-corrected chi connectivity index (χ1v) is 19.2. The molecular formula is C41H52BrN3O7. The van der Waals surface area contributed by atoms with E-state index in [-0.39, 0.29) is 48.7 Å². The molecule has 0 radical (unpaired) electrons. The molecule has 1 spiro atoms. The van der Waals surface area contributed by atoms with Gasteiger partial charge in [0.25, 0.3) is 5.91 Å². The van der Waals surface area contributed by atoms with Gasteiger partial charge in [-0.05, 0) is 75.6 Å². The van der Waals surface area contributed by atoms with Gasteiger partial charge in [-0.1, -0.05) is 70.5 Å². The highest BCUT2D eigenvalue weighted by molar-refractivity contribution is 9.09. The van der Waals surface area contributed by atoms with E-state index in [2.05, 4.69) is 29.1 Å². The van der Waals surface area contributed by atoms with Crippen molar-refractivity contribution >= 4 is 45.3 Å². The Kier molecular flexibility index (Phi) is 12.8. The maximum absolute atomic E-state index is 15.0. The molecule has 280 valence electrons. The molecule has 5 rings (SSSR count). The summed E-state index contributed by atoms with van der Waals surface area (Å²) in [6, 6.07) is 13.7. The summed E-state index contributed by atoms with van der Waals surface area (Å²) in [4.78, 5) is 61.9. The second kappa shape index (κ2) is 16.9. The Morgan fingerprint density at radius 2 is 1.85 bits per heavy atom. The van der Waals surface area contributed by atoms with E-state index in [4.69, 9.17) is 9.47 Å². The number of unbranched alkanes of at least 4 members (excludes halogenated alkanes) is 2. The van der Waals surface area contributed by atoms with Crippen LogP contribution in [0.1, 0.15) is 68.2 Å². The molecule has 3 amide bonds. The van der Waals surface area contributed by atoms with Gasteiger partial charge in [0.05, 0.1) is 24.0 Å². The molecular weight excluding hydrogens is 726 g/mol. The average Bonchev–Trinajstić information content (AvgIpc) is 3.73. The first-order chi connectivity index (χ1) is 24.9. The van der Waals surface area contributed by atoms with Crippen LogP contribution in [0.5, 0.6) is 0 Å². The zero-order valence-corrected chi connectivity index (χ0v) is 32.3. The van der Waals surface area contributed by atoms with Crippen molar-refractivity contribution in [3.05, 3.63) is 90.5 Å². The average molecular weight is 779 g/mol. The molecule has 3 saturated heterocycles. The van der Waals surface area contributed by atoms with Crippen LogP contribution in [0.4, 0.5) is 5.69 Å². The normalized spacial score (nSPS) is 25.7. The van der Waals surface area contributed by atoms with E-state index in [9.17, 15) is 19.5 Å². The van der Waals surface area contributed by atoms with Crippen LogP contribution < -0.4 is 4.90 Å². The standard InChI is InChI=1S/C41H52BrN3O7/c1-7-9-18-32(47)43(6)28(5)35(29-16-12-10-13-17-29)51-40(50)33-34-38(48)45(22-14-11-15-23-46)37(41(34)25-30(42)36(33)52-41)39(49)44(21-8-2)31-24-26(3)19-20-27(31)4/h7-8,10,12-13,16-17,19-20,24,28,30,33-37,46H,1-2,9,11,14-15,18,21-23,25H2,3-6H3/t28-,30?,33+,34-,35+,36+,37+,41-/m0/s1. The highest BCUT2D eigenvalue weighted by Crippen LogP contribution is 2.60. The third-order valence-corrected chi connectivity index (χ3v) is 11.8. The zero-order chi connectivity index (χ0) is 37.7. The quantitative estimate of drug-likeness (QED) is 0.0931. The topological polar surface area (TPSA) is 117 Å². The maximum atomic E-state index is 15.0. The summed E-state index contributed by atoms with van der Waals surface area (Å²) in [5.41, 5.74) is 2.04. The van der Waals surface area contributed by atoms with E-state index in [1.165, 1.54) is 0 Å². The number of alkyl halides is 1. The Morgan fingerprint density at radius 1 is 1.12 bits per heavy atom. The van der Waals surface area contributed by atoms with Crippen molar-refractivity contribution in [3.8, 4) is 0 Å². The Hall–Kier alpha value is -3.80. The number of likely N-dealkylation sites (N-methyl/N-ethyl adjacent to an activating group) is 1. The summed E-state index contributed by atoms with van der Waals surface area (Å²) >= 11 is 3.77. The number of amides is 3. The van der Waals surface area contributed by atoms with E-state index in [0.717, 1.165) is 16.8 Å². The van der Waals surface area contributed by atoms with Crippen LogP contribution in [-0.4, -0.2) is 94.0 Å². The predicted molar refractivity (Wildman–Crippen MR) is 204 cm³/mol. The number of ether oxygens (including phenoxy) is 2. The smallest absolute Gasteiger partial charge is 0.313 e. The molecule has 2 aromatic carbocycles. The number of fused-ring (bicyclic) bond motifs is 1.